The Morgan fingerprint density at radius 2 is 0.821 bits per heavy atom. The first-order valence-corrected chi connectivity index (χ1v) is 15.9. The van der Waals surface area contributed by atoms with E-state index in [0.29, 0.717) is 72.7 Å². The van der Waals surface area contributed by atoms with Gasteiger partial charge in [0, 0.05) is 6.61 Å². The minimum absolute atomic E-state index is 0.0202. The van der Waals surface area contributed by atoms with E-state index in [1.54, 1.807) is 0 Å². The standard InChI is InChI=1S/C31H64O8/c1-4-5-6-7-8-9-10-11-12-13-14-15-16-18-37-28-30(2)39-29-31(3)38-27-26-36-25-24-35-23-22-34-21-20-33-19-17-32/h30-32H,4-29H2,1-3H3. The molecule has 1 N–H and O–H groups in total. The summed E-state index contributed by atoms with van der Waals surface area (Å²) in [5, 5.41) is 8.59. The first-order chi connectivity index (χ1) is 19.2. The van der Waals surface area contributed by atoms with Gasteiger partial charge in [-0.25, -0.2) is 0 Å². The zero-order valence-corrected chi connectivity index (χ0v) is 25.8. The third-order valence-electron chi connectivity index (χ3n) is 6.34. The van der Waals surface area contributed by atoms with Crippen LogP contribution in [0, 0.1) is 0 Å². The zero-order chi connectivity index (χ0) is 28.5. The number of aliphatic hydroxyl groups is 1. The number of aliphatic hydroxyl groups excluding tert-OH is 1. The van der Waals surface area contributed by atoms with Crippen LogP contribution in [0.2, 0.25) is 0 Å². The van der Waals surface area contributed by atoms with Crippen LogP contribution in [-0.4, -0.2) is 103 Å². The molecular formula is C31H64O8. The van der Waals surface area contributed by atoms with Crippen LogP contribution in [0.1, 0.15) is 104 Å². The summed E-state index contributed by atoms with van der Waals surface area (Å²) in [6.45, 7) is 12.9. The van der Waals surface area contributed by atoms with Crippen molar-refractivity contribution in [1.29, 1.82) is 0 Å². The highest BCUT2D eigenvalue weighted by Gasteiger charge is 2.07. The van der Waals surface area contributed by atoms with Gasteiger partial charge in [-0.05, 0) is 20.3 Å². The number of rotatable bonds is 34. The van der Waals surface area contributed by atoms with E-state index < -0.39 is 0 Å². The lowest BCUT2D eigenvalue weighted by Crippen LogP contribution is -2.24. The number of hydrogen-bond donors (Lipinski definition) is 1. The molecule has 236 valence electrons. The van der Waals surface area contributed by atoms with E-state index in [4.69, 9.17) is 38.3 Å². The predicted octanol–water partition coefficient (Wildman–Crippen LogP) is 5.96. The highest BCUT2D eigenvalue weighted by atomic mass is 16.6. The Labute approximate surface area is 240 Å². The number of ether oxygens (including phenoxy) is 7. The van der Waals surface area contributed by atoms with Crippen LogP contribution in [0.25, 0.3) is 0 Å². The Hall–Kier alpha value is -0.320. The highest BCUT2D eigenvalue weighted by molar-refractivity contribution is 4.53. The summed E-state index contributed by atoms with van der Waals surface area (Å²) in [5.74, 6) is 0. The van der Waals surface area contributed by atoms with Crippen LogP contribution in [0.5, 0.6) is 0 Å². The van der Waals surface area contributed by atoms with E-state index in [1.165, 1.54) is 77.0 Å². The average molecular weight is 565 g/mol. The molecule has 0 saturated carbocycles. The predicted molar refractivity (Wildman–Crippen MR) is 158 cm³/mol. The largest absolute Gasteiger partial charge is 0.394 e. The first-order valence-electron chi connectivity index (χ1n) is 15.9. The molecule has 39 heavy (non-hydrogen) atoms. The van der Waals surface area contributed by atoms with Gasteiger partial charge in [-0.15, -0.1) is 0 Å². The molecule has 0 aromatic rings. The molecular weight excluding hydrogens is 500 g/mol. The van der Waals surface area contributed by atoms with Crippen molar-refractivity contribution < 1.29 is 38.3 Å². The quantitative estimate of drug-likeness (QED) is 0.0958. The van der Waals surface area contributed by atoms with Crippen molar-refractivity contribution in [2.24, 2.45) is 0 Å². The van der Waals surface area contributed by atoms with Crippen molar-refractivity contribution in [2.45, 2.75) is 116 Å². The molecule has 2 unspecified atom stereocenters. The van der Waals surface area contributed by atoms with Crippen LogP contribution < -0.4 is 0 Å². The maximum absolute atomic E-state index is 8.59. The molecule has 0 amide bonds. The molecule has 0 spiro atoms. The van der Waals surface area contributed by atoms with Gasteiger partial charge in [-0.3, -0.25) is 0 Å². The summed E-state index contributed by atoms with van der Waals surface area (Å²) in [6, 6.07) is 0. The van der Waals surface area contributed by atoms with E-state index in [0.717, 1.165) is 13.0 Å². The van der Waals surface area contributed by atoms with Gasteiger partial charge in [0.2, 0.25) is 0 Å². The summed E-state index contributed by atoms with van der Waals surface area (Å²) in [5.41, 5.74) is 0. The fourth-order valence-corrected chi connectivity index (χ4v) is 4.00. The molecule has 0 aromatic heterocycles. The van der Waals surface area contributed by atoms with Crippen molar-refractivity contribution >= 4 is 0 Å². The van der Waals surface area contributed by atoms with Crippen molar-refractivity contribution in [1.82, 2.24) is 0 Å². The SMILES string of the molecule is CCCCCCCCCCCCCCCOCC(C)OCC(C)OCCOCCOCCOCCOCCO. The Bertz CT molecular complexity index is 441. The number of hydrogen-bond acceptors (Lipinski definition) is 8. The van der Waals surface area contributed by atoms with E-state index in [2.05, 4.69) is 13.8 Å². The van der Waals surface area contributed by atoms with Crippen molar-refractivity contribution in [2.75, 3.05) is 85.9 Å². The van der Waals surface area contributed by atoms with Gasteiger partial charge in [0.25, 0.3) is 0 Å². The van der Waals surface area contributed by atoms with Crippen molar-refractivity contribution in [3.63, 3.8) is 0 Å². The summed E-state index contributed by atoms with van der Waals surface area (Å²) in [6.07, 6.45) is 17.9. The third kappa shape index (κ3) is 33.8. The smallest absolute Gasteiger partial charge is 0.0781 e. The molecule has 0 aromatic carbocycles. The van der Waals surface area contributed by atoms with Gasteiger partial charge in [0.1, 0.15) is 0 Å². The van der Waals surface area contributed by atoms with Crippen LogP contribution in [0.15, 0.2) is 0 Å². The normalized spacial score (nSPS) is 13.2. The first kappa shape index (κ1) is 38.7. The van der Waals surface area contributed by atoms with Gasteiger partial charge < -0.3 is 38.3 Å². The van der Waals surface area contributed by atoms with Crippen LogP contribution in [0.4, 0.5) is 0 Å². The fraction of sp³-hybridized carbons (Fsp3) is 1.00. The third-order valence-corrected chi connectivity index (χ3v) is 6.34. The van der Waals surface area contributed by atoms with Crippen LogP contribution in [-0.2, 0) is 33.2 Å². The maximum atomic E-state index is 8.59. The van der Waals surface area contributed by atoms with Gasteiger partial charge in [0.15, 0.2) is 0 Å². The lowest BCUT2D eigenvalue weighted by Gasteiger charge is -2.18. The second kappa shape index (κ2) is 33.9. The summed E-state index contributed by atoms with van der Waals surface area (Å²) in [7, 11) is 0. The number of unbranched alkanes of at least 4 members (excludes halogenated alkanes) is 12. The fourth-order valence-electron chi connectivity index (χ4n) is 4.00. The Kier molecular flexibility index (Phi) is 33.6. The average Bonchev–Trinajstić information content (AvgIpc) is 2.94. The Balaban J connectivity index is 3.26. The topological polar surface area (TPSA) is 84.8 Å². The molecule has 0 fully saturated rings. The Morgan fingerprint density at radius 3 is 1.31 bits per heavy atom. The van der Waals surface area contributed by atoms with Crippen molar-refractivity contribution in [3.05, 3.63) is 0 Å². The van der Waals surface area contributed by atoms with Crippen LogP contribution in [0.3, 0.4) is 0 Å². The van der Waals surface area contributed by atoms with E-state index in [1.807, 2.05) is 6.92 Å². The summed E-state index contributed by atoms with van der Waals surface area (Å²) >= 11 is 0. The van der Waals surface area contributed by atoms with Gasteiger partial charge in [-0.2, -0.15) is 0 Å². The van der Waals surface area contributed by atoms with Gasteiger partial charge >= 0.3 is 0 Å². The monoisotopic (exact) mass is 564 g/mol. The summed E-state index contributed by atoms with van der Waals surface area (Å²) in [4.78, 5) is 0. The Morgan fingerprint density at radius 1 is 0.410 bits per heavy atom. The van der Waals surface area contributed by atoms with E-state index in [-0.39, 0.29) is 18.8 Å². The highest BCUT2D eigenvalue weighted by Crippen LogP contribution is 2.12. The molecule has 8 heteroatoms. The lowest BCUT2D eigenvalue weighted by molar-refractivity contribution is -0.0688. The van der Waals surface area contributed by atoms with Crippen LogP contribution >= 0.6 is 0 Å². The molecule has 2 atom stereocenters. The van der Waals surface area contributed by atoms with E-state index in [9.17, 15) is 0 Å². The lowest BCUT2D eigenvalue weighted by atomic mass is 10.0. The molecule has 0 aliphatic heterocycles. The van der Waals surface area contributed by atoms with Crippen molar-refractivity contribution in [3.8, 4) is 0 Å². The summed E-state index contributed by atoms with van der Waals surface area (Å²) < 4.78 is 38.8. The molecule has 0 bridgehead atoms. The van der Waals surface area contributed by atoms with E-state index >= 15 is 0 Å². The minimum Gasteiger partial charge on any atom is -0.394 e. The molecule has 0 rings (SSSR count). The second-order valence-corrected chi connectivity index (χ2v) is 10.3. The zero-order valence-electron chi connectivity index (χ0n) is 25.8. The molecule has 0 radical (unpaired) electrons. The molecule has 0 aliphatic carbocycles. The van der Waals surface area contributed by atoms with Gasteiger partial charge in [0.05, 0.1) is 91.5 Å². The van der Waals surface area contributed by atoms with Gasteiger partial charge in [-0.1, -0.05) is 84.0 Å². The second-order valence-electron chi connectivity index (χ2n) is 10.3. The molecule has 0 saturated heterocycles. The molecule has 8 nitrogen and oxygen atoms in total. The molecule has 0 aliphatic rings. The minimum atomic E-state index is 0.0202. The molecule has 0 heterocycles. The maximum Gasteiger partial charge on any atom is 0.0781 e.